The number of carboxylic acid groups (broad SMARTS) is 1. The van der Waals surface area contributed by atoms with Crippen molar-refractivity contribution in [1.82, 2.24) is 0 Å². The van der Waals surface area contributed by atoms with Crippen molar-refractivity contribution in [3.05, 3.63) is 45.6 Å². The quantitative estimate of drug-likeness (QED) is 0.363. The molecular formula is C12H11N3O4. The van der Waals surface area contributed by atoms with E-state index in [-0.39, 0.29) is 17.0 Å². The average molecular weight is 261 g/mol. The maximum absolute atomic E-state index is 10.9. The summed E-state index contributed by atoms with van der Waals surface area (Å²) in [7, 11) is 0. The molecule has 0 atom stereocenters. The molecule has 0 heterocycles. The van der Waals surface area contributed by atoms with Gasteiger partial charge in [-0.3, -0.25) is 10.1 Å². The van der Waals surface area contributed by atoms with Crippen molar-refractivity contribution in [2.24, 2.45) is 0 Å². The highest BCUT2D eigenvalue weighted by molar-refractivity contribution is 5.92. The predicted octanol–water partition coefficient (Wildman–Crippen LogP) is 2.28. The summed E-state index contributed by atoms with van der Waals surface area (Å²) >= 11 is 0. The second-order valence-electron chi connectivity index (χ2n) is 3.55. The van der Waals surface area contributed by atoms with E-state index in [2.05, 4.69) is 5.32 Å². The molecule has 2 N–H and O–H groups in total. The number of hydrogen-bond acceptors (Lipinski definition) is 5. The zero-order valence-electron chi connectivity index (χ0n) is 10.1. The first-order valence-electron chi connectivity index (χ1n) is 5.37. The third-order valence-corrected chi connectivity index (χ3v) is 2.35. The van der Waals surface area contributed by atoms with Crippen molar-refractivity contribution in [2.75, 3.05) is 5.32 Å². The summed E-state index contributed by atoms with van der Waals surface area (Å²) in [5.74, 6) is -1.31. The van der Waals surface area contributed by atoms with Gasteiger partial charge in [0.15, 0.2) is 5.57 Å². The molecular weight excluding hydrogens is 250 g/mol. The van der Waals surface area contributed by atoms with Crippen molar-refractivity contribution in [3.8, 4) is 6.07 Å². The molecule has 98 valence electrons. The zero-order valence-corrected chi connectivity index (χ0v) is 10.1. The maximum Gasteiger partial charge on any atom is 0.348 e. The lowest BCUT2D eigenvalue weighted by Crippen LogP contribution is -2.09. The molecule has 0 aliphatic heterocycles. The van der Waals surface area contributed by atoms with Crippen molar-refractivity contribution < 1.29 is 14.8 Å². The minimum absolute atomic E-state index is 0.0636. The summed E-state index contributed by atoms with van der Waals surface area (Å²) in [5.41, 5.74) is 0.299. The fourth-order valence-electron chi connectivity index (χ4n) is 1.41. The summed E-state index contributed by atoms with van der Waals surface area (Å²) in [5, 5.41) is 30.9. The molecule has 1 aromatic rings. The molecule has 19 heavy (non-hydrogen) atoms. The fraction of sp³-hybridized carbons (Fsp3) is 0.167. The lowest BCUT2D eigenvalue weighted by molar-refractivity contribution is -0.384. The smallest absolute Gasteiger partial charge is 0.348 e. The van der Waals surface area contributed by atoms with Crippen LogP contribution in [0.25, 0.3) is 0 Å². The molecule has 0 saturated carbocycles. The number of allylic oxidation sites excluding steroid dienone is 1. The topological polar surface area (TPSA) is 116 Å². The second kappa shape index (κ2) is 6.16. The molecule has 0 aliphatic rings. The highest BCUT2D eigenvalue weighted by Gasteiger charge is 2.13. The van der Waals surface area contributed by atoms with Crippen LogP contribution in [0, 0.1) is 21.4 Å². The number of nitrogens with zero attached hydrogens (tertiary/aromatic N) is 2. The number of aliphatic carboxylic acids is 1. The van der Waals surface area contributed by atoms with Crippen molar-refractivity contribution in [2.45, 2.75) is 13.3 Å². The normalized spacial score (nSPS) is 11.2. The Morgan fingerprint density at radius 3 is 2.42 bits per heavy atom. The Labute approximate surface area is 108 Å². The molecule has 0 amide bonds. The molecule has 0 spiro atoms. The third-order valence-electron chi connectivity index (χ3n) is 2.35. The first kappa shape index (κ1) is 14.2. The largest absolute Gasteiger partial charge is 0.477 e. The summed E-state index contributed by atoms with van der Waals surface area (Å²) in [4.78, 5) is 20.8. The van der Waals surface area contributed by atoms with Gasteiger partial charge in [-0.15, -0.1) is 0 Å². The van der Waals surface area contributed by atoms with E-state index in [0.29, 0.717) is 12.1 Å². The molecule has 0 bridgehead atoms. The Hall–Kier alpha value is -2.88. The van der Waals surface area contributed by atoms with Gasteiger partial charge >= 0.3 is 5.97 Å². The van der Waals surface area contributed by atoms with Gasteiger partial charge < -0.3 is 10.4 Å². The SMILES string of the molecule is CCC(Nc1ccc([N+](=O)[O-])cc1)=C(C#N)C(=O)O. The van der Waals surface area contributed by atoms with Crippen LogP contribution in [0.1, 0.15) is 13.3 Å². The number of carboxylic acids is 1. The van der Waals surface area contributed by atoms with Crippen LogP contribution in [0.3, 0.4) is 0 Å². The van der Waals surface area contributed by atoms with Crippen LogP contribution in [-0.4, -0.2) is 16.0 Å². The van der Waals surface area contributed by atoms with Crippen LogP contribution in [0.4, 0.5) is 11.4 Å². The first-order valence-corrected chi connectivity index (χ1v) is 5.37. The van der Waals surface area contributed by atoms with Gasteiger partial charge in [-0.2, -0.15) is 5.26 Å². The van der Waals surface area contributed by atoms with Crippen LogP contribution in [-0.2, 0) is 4.79 Å². The second-order valence-corrected chi connectivity index (χ2v) is 3.55. The average Bonchev–Trinajstić information content (AvgIpc) is 2.38. The van der Waals surface area contributed by atoms with Gasteiger partial charge in [0.2, 0.25) is 0 Å². The Kier molecular flexibility index (Phi) is 4.60. The van der Waals surface area contributed by atoms with Crippen LogP contribution >= 0.6 is 0 Å². The van der Waals surface area contributed by atoms with Gasteiger partial charge in [0, 0.05) is 23.5 Å². The van der Waals surface area contributed by atoms with Crippen molar-refractivity contribution in [3.63, 3.8) is 0 Å². The Morgan fingerprint density at radius 1 is 1.47 bits per heavy atom. The van der Waals surface area contributed by atoms with E-state index in [1.165, 1.54) is 24.3 Å². The Bertz CT molecular complexity index is 570. The number of nitriles is 1. The molecule has 1 aromatic carbocycles. The summed E-state index contributed by atoms with van der Waals surface area (Å²) in [6.45, 7) is 1.70. The van der Waals surface area contributed by atoms with E-state index in [0.717, 1.165) is 0 Å². The first-order chi connectivity index (χ1) is 8.99. The summed E-state index contributed by atoms with van der Waals surface area (Å²) in [6.07, 6.45) is 0.326. The molecule has 7 heteroatoms. The van der Waals surface area contributed by atoms with Gasteiger partial charge in [0.25, 0.3) is 5.69 Å². The van der Waals surface area contributed by atoms with Gasteiger partial charge in [0.05, 0.1) is 4.92 Å². The molecule has 7 nitrogen and oxygen atoms in total. The number of non-ortho nitro benzene ring substituents is 1. The summed E-state index contributed by atoms with van der Waals surface area (Å²) in [6, 6.07) is 7.10. The number of nitro benzene ring substituents is 1. The van der Waals surface area contributed by atoms with Crippen molar-refractivity contribution in [1.29, 1.82) is 5.26 Å². The third kappa shape index (κ3) is 3.54. The van der Waals surface area contributed by atoms with Gasteiger partial charge in [0.1, 0.15) is 6.07 Å². The van der Waals surface area contributed by atoms with E-state index in [1.54, 1.807) is 13.0 Å². The number of carbonyl (C=O) groups is 1. The van der Waals surface area contributed by atoms with Crippen LogP contribution < -0.4 is 5.32 Å². The lowest BCUT2D eigenvalue weighted by Gasteiger charge is -2.09. The van der Waals surface area contributed by atoms with E-state index < -0.39 is 10.9 Å². The van der Waals surface area contributed by atoms with Crippen LogP contribution in [0.5, 0.6) is 0 Å². The monoisotopic (exact) mass is 261 g/mol. The predicted molar refractivity (Wildman–Crippen MR) is 67.3 cm³/mol. The standard InChI is InChI=1S/C12H11N3O4/c1-2-11(10(7-13)12(16)17)14-8-3-5-9(6-4-8)15(18)19/h3-6,14H,2H2,1H3,(H,16,17). The van der Waals surface area contributed by atoms with Crippen LogP contribution in [0.15, 0.2) is 35.5 Å². The molecule has 0 saturated heterocycles. The molecule has 0 aliphatic carbocycles. The number of anilines is 1. The number of benzene rings is 1. The molecule has 1 rings (SSSR count). The number of rotatable bonds is 5. The van der Waals surface area contributed by atoms with Gasteiger partial charge in [-0.25, -0.2) is 4.79 Å². The number of hydrogen-bond donors (Lipinski definition) is 2. The molecule has 0 aromatic heterocycles. The van der Waals surface area contributed by atoms with Gasteiger partial charge in [-0.1, -0.05) is 6.92 Å². The highest BCUT2D eigenvalue weighted by atomic mass is 16.6. The van der Waals surface area contributed by atoms with Crippen LogP contribution in [0.2, 0.25) is 0 Å². The highest BCUT2D eigenvalue weighted by Crippen LogP contribution is 2.19. The lowest BCUT2D eigenvalue weighted by atomic mass is 10.1. The number of nitrogens with one attached hydrogen (secondary N) is 1. The Morgan fingerprint density at radius 2 is 2.05 bits per heavy atom. The number of nitro groups is 1. The molecule has 0 fully saturated rings. The summed E-state index contributed by atoms with van der Waals surface area (Å²) < 4.78 is 0. The molecule has 0 unspecified atom stereocenters. The van der Waals surface area contributed by atoms with E-state index in [1.807, 2.05) is 0 Å². The van der Waals surface area contributed by atoms with E-state index in [9.17, 15) is 14.9 Å². The maximum atomic E-state index is 10.9. The zero-order chi connectivity index (χ0) is 14.4. The minimum Gasteiger partial charge on any atom is -0.477 e. The fourth-order valence-corrected chi connectivity index (χ4v) is 1.41. The van der Waals surface area contributed by atoms with E-state index in [4.69, 9.17) is 10.4 Å². The van der Waals surface area contributed by atoms with Crippen molar-refractivity contribution >= 4 is 17.3 Å². The minimum atomic E-state index is -1.31. The Balaban J connectivity index is 3.03. The van der Waals surface area contributed by atoms with Gasteiger partial charge in [-0.05, 0) is 18.6 Å². The van der Waals surface area contributed by atoms with E-state index >= 15 is 0 Å². The molecule has 0 radical (unpaired) electrons.